The predicted octanol–water partition coefficient (Wildman–Crippen LogP) is 3.32. The molecule has 1 unspecified atom stereocenters. The van der Waals surface area contributed by atoms with E-state index < -0.39 is 22.5 Å². The van der Waals surface area contributed by atoms with E-state index in [1.54, 1.807) is 54.6 Å². The number of nitrogens with zero attached hydrogens (tertiary/aromatic N) is 2. The molecule has 2 amide bonds. The van der Waals surface area contributed by atoms with Crippen molar-refractivity contribution in [3.63, 3.8) is 0 Å². The van der Waals surface area contributed by atoms with Gasteiger partial charge in [-0.3, -0.25) is 13.9 Å². The van der Waals surface area contributed by atoms with E-state index in [0.29, 0.717) is 23.5 Å². The summed E-state index contributed by atoms with van der Waals surface area (Å²) in [6.07, 6.45) is 3.46. The molecule has 3 aromatic rings. The SMILES string of the molecule is Cc1cccc(N(CC(=O)N/N=C/c2ccc(OCC(=O)NCC3CCCO3)cc2)S(=O)(=O)c2ccccc2)c1C. The van der Waals surface area contributed by atoms with E-state index in [-0.39, 0.29) is 23.5 Å². The monoisotopic (exact) mass is 578 g/mol. The van der Waals surface area contributed by atoms with Crippen LogP contribution in [-0.4, -0.2) is 58.9 Å². The van der Waals surface area contributed by atoms with E-state index in [9.17, 15) is 18.0 Å². The number of carbonyl (C=O) groups excluding carboxylic acids is 2. The maximum absolute atomic E-state index is 13.5. The molecule has 1 heterocycles. The van der Waals surface area contributed by atoms with E-state index in [1.807, 2.05) is 19.9 Å². The fourth-order valence-electron chi connectivity index (χ4n) is 4.25. The molecule has 1 fully saturated rings. The summed E-state index contributed by atoms with van der Waals surface area (Å²) in [4.78, 5) is 24.9. The number of anilines is 1. The molecule has 216 valence electrons. The van der Waals surface area contributed by atoms with Crippen LogP contribution >= 0.6 is 0 Å². The largest absolute Gasteiger partial charge is 0.484 e. The molecule has 0 saturated carbocycles. The molecule has 1 atom stereocenters. The standard InChI is InChI=1S/C30H34N4O6S/c1-22-8-6-12-28(23(22)2)34(41(37,38)27-10-4-3-5-11-27)20-29(35)33-32-18-24-13-15-25(16-14-24)40-21-30(36)31-19-26-9-7-17-39-26/h3-6,8,10-16,18,26H,7,9,17,19-21H2,1-2H3,(H,31,36)(H,33,35)/b32-18+. The van der Waals surface area contributed by atoms with Gasteiger partial charge in [-0.1, -0.05) is 30.3 Å². The molecule has 11 heteroatoms. The Morgan fingerprint density at radius 3 is 2.49 bits per heavy atom. The highest BCUT2D eigenvalue weighted by Crippen LogP contribution is 2.28. The predicted molar refractivity (Wildman–Crippen MR) is 157 cm³/mol. The van der Waals surface area contributed by atoms with Crippen LogP contribution in [0.2, 0.25) is 0 Å². The number of aryl methyl sites for hydroxylation is 1. The number of rotatable bonds is 12. The van der Waals surface area contributed by atoms with Gasteiger partial charge in [0.05, 0.1) is 22.9 Å². The number of hydrazone groups is 1. The zero-order chi connectivity index (χ0) is 29.2. The third kappa shape index (κ3) is 8.15. The third-order valence-corrected chi connectivity index (χ3v) is 8.44. The Balaban J connectivity index is 1.34. The average molecular weight is 579 g/mol. The van der Waals surface area contributed by atoms with Crippen LogP contribution in [0.15, 0.2) is 82.8 Å². The van der Waals surface area contributed by atoms with Crippen LogP contribution in [0.4, 0.5) is 5.69 Å². The molecule has 2 N–H and O–H groups in total. The number of amides is 2. The highest BCUT2D eigenvalue weighted by atomic mass is 32.2. The number of carbonyl (C=O) groups is 2. The topological polar surface area (TPSA) is 126 Å². The van der Waals surface area contributed by atoms with Crippen molar-refractivity contribution in [1.29, 1.82) is 0 Å². The molecular weight excluding hydrogens is 544 g/mol. The molecule has 1 aliphatic heterocycles. The van der Waals surface area contributed by atoms with Crippen LogP contribution in [0.3, 0.4) is 0 Å². The molecule has 41 heavy (non-hydrogen) atoms. The Morgan fingerprint density at radius 1 is 1.02 bits per heavy atom. The molecule has 3 aromatic carbocycles. The van der Waals surface area contributed by atoms with Crippen LogP contribution in [0.1, 0.15) is 29.5 Å². The summed E-state index contributed by atoms with van der Waals surface area (Å²) in [5.41, 5.74) is 5.16. The molecule has 1 aliphatic rings. The fraction of sp³-hybridized carbons (Fsp3) is 0.300. The highest BCUT2D eigenvalue weighted by molar-refractivity contribution is 7.92. The van der Waals surface area contributed by atoms with Gasteiger partial charge >= 0.3 is 0 Å². The van der Waals surface area contributed by atoms with Gasteiger partial charge in [-0.25, -0.2) is 13.8 Å². The molecule has 0 spiro atoms. The lowest BCUT2D eigenvalue weighted by molar-refractivity contribution is -0.123. The maximum atomic E-state index is 13.5. The second kappa shape index (κ2) is 13.9. The molecule has 0 aromatic heterocycles. The number of benzene rings is 3. The minimum Gasteiger partial charge on any atom is -0.484 e. The van der Waals surface area contributed by atoms with E-state index in [0.717, 1.165) is 34.9 Å². The minimum atomic E-state index is -4.02. The van der Waals surface area contributed by atoms with Crippen molar-refractivity contribution in [2.24, 2.45) is 5.10 Å². The second-order valence-corrected chi connectivity index (χ2v) is 11.5. The molecule has 10 nitrogen and oxygen atoms in total. The first-order valence-electron chi connectivity index (χ1n) is 13.3. The number of ether oxygens (including phenoxy) is 2. The van der Waals surface area contributed by atoms with Crippen molar-refractivity contribution in [3.8, 4) is 5.75 Å². The van der Waals surface area contributed by atoms with Crippen LogP contribution in [0.25, 0.3) is 0 Å². The van der Waals surface area contributed by atoms with Crippen molar-refractivity contribution in [2.75, 3.05) is 30.6 Å². The maximum Gasteiger partial charge on any atom is 0.264 e. The fourth-order valence-corrected chi connectivity index (χ4v) is 5.75. The number of hydrogen-bond donors (Lipinski definition) is 2. The van der Waals surface area contributed by atoms with Gasteiger partial charge in [-0.05, 0) is 85.8 Å². The first-order valence-corrected chi connectivity index (χ1v) is 14.7. The van der Waals surface area contributed by atoms with E-state index in [2.05, 4.69) is 15.8 Å². The van der Waals surface area contributed by atoms with E-state index in [1.165, 1.54) is 18.3 Å². The summed E-state index contributed by atoms with van der Waals surface area (Å²) in [5, 5.41) is 6.79. The van der Waals surface area contributed by atoms with Crippen molar-refractivity contribution in [3.05, 3.63) is 89.5 Å². The first-order chi connectivity index (χ1) is 19.7. The molecule has 0 aliphatic carbocycles. The smallest absolute Gasteiger partial charge is 0.264 e. The quantitative estimate of drug-likeness (QED) is 0.251. The lowest BCUT2D eigenvalue weighted by atomic mass is 10.1. The van der Waals surface area contributed by atoms with Crippen molar-refractivity contribution >= 4 is 33.7 Å². The first kappa shape index (κ1) is 29.8. The molecule has 1 saturated heterocycles. The average Bonchev–Trinajstić information content (AvgIpc) is 3.50. The second-order valence-electron chi connectivity index (χ2n) is 9.63. The minimum absolute atomic E-state index is 0.0704. The van der Waals surface area contributed by atoms with Gasteiger partial charge in [0.15, 0.2) is 6.61 Å². The van der Waals surface area contributed by atoms with Gasteiger partial charge in [0.1, 0.15) is 12.3 Å². The Kier molecular flexibility index (Phi) is 10.1. The van der Waals surface area contributed by atoms with Gasteiger partial charge in [0, 0.05) is 13.2 Å². The lowest BCUT2D eigenvalue weighted by Gasteiger charge is -2.26. The van der Waals surface area contributed by atoms with Crippen LogP contribution in [0.5, 0.6) is 5.75 Å². The van der Waals surface area contributed by atoms with Gasteiger partial charge in [0.25, 0.3) is 21.8 Å². The Bertz CT molecular complexity index is 1470. The summed E-state index contributed by atoms with van der Waals surface area (Å²) in [7, 11) is -4.02. The number of sulfonamides is 1. The van der Waals surface area contributed by atoms with Gasteiger partial charge < -0.3 is 14.8 Å². The van der Waals surface area contributed by atoms with Crippen LogP contribution in [0, 0.1) is 13.8 Å². The number of nitrogens with one attached hydrogen (secondary N) is 2. The van der Waals surface area contributed by atoms with E-state index >= 15 is 0 Å². The van der Waals surface area contributed by atoms with Crippen LogP contribution in [-0.2, 0) is 24.3 Å². The lowest BCUT2D eigenvalue weighted by Crippen LogP contribution is -2.40. The highest BCUT2D eigenvalue weighted by Gasteiger charge is 2.28. The van der Waals surface area contributed by atoms with Gasteiger partial charge in [-0.15, -0.1) is 0 Å². The van der Waals surface area contributed by atoms with Crippen molar-refractivity contribution in [2.45, 2.75) is 37.7 Å². The summed E-state index contributed by atoms with van der Waals surface area (Å²) >= 11 is 0. The molecular formula is C30H34N4O6S. The summed E-state index contributed by atoms with van der Waals surface area (Å²) < 4.78 is 39.1. The zero-order valence-corrected chi connectivity index (χ0v) is 23.9. The van der Waals surface area contributed by atoms with Gasteiger partial charge in [-0.2, -0.15) is 5.10 Å². The normalized spacial score (nSPS) is 15.0. The number of hydrogen-bond acceptors (Lipinski definition) is 7. The van der Waals surface area contributed by atoms with E-state index in [4.69, 9.17) is 9.47 Å². The Morgan fingerprint density at radius 2 is 1.78 bits per heavy atom. The zero-order valence-electron chi connectivity index (χ0n) is 23.1. The van der Waals surface area contributed by atoms with Gasteiger partial charge in [0.2, 0.25) is 0 Å². The van der Waals surface area contributed by atoms with Crippen LogP contribution < -0.4 is 19.8 Å². The van der Waals surface area contributed by atoms with Crippen molar-refractivity contribution in [1.82, 2.24) is 10.7 Å². The molecule has 4 rings (SSSR count). The third-order valence-electron chi connectivity index (χ3n) is 6.67. The molecule has 0 radical (unpaired) electrons. The summed E-state index contributed by atoms with van der Waals surface area (Å²) in [6, 6.07) is 20.1. The Labute approximate surface area is 240 Å². The Hall–Kier alpha value is -4.22. The summed E-state index contributed by atoms with van der Waals surface area (Å²) in [6.45, 7) is 4.34. The van der Waals surface area contributed by atoms with Crippen molar-refractivity contribution < 1.29 is 27.5 Å². The summed E-state index contributed by atoms with van der Waals surface area (Å²) in [5.74, 6) is -0.317. The molecule has 0 bridgehead atoms.